The molecule has 1 aliphatic heterocycles. The molecular formula is C11H16N2O3. The topological polar surface area (TPSA) is 55.5 Å². The number of carbonyl (C=O) groups excluding carboxylic acids is 1. The van der Waals surface area contributed by atoms with E-state index in [9.17, 15) is 9.59 Å². The number of aryl methyl sites for hydroxylation is 1. The number of carbonyl (C=O) groups is 1. The van der Waals surface area contributed by atoms with E-state index in [0.29, 0.717) is 5.69 Å². The molecule has 0 spiro atoms. The van der Waals surface area contributed by atoms with Gasteiger partial charge in [-0.1, -0.05) is 0 Å². The van der Waals surface area contributed by atoms with Gasteiger partial charge in [0.2, 0.25) is 0 Å². The summed E-state index contributed by atoms with van der Waals surface area (Å²) in [6.07, 6.45) is 3.19. The number of hydrogen-bond donors (Lipinski definition) is 0. The molecule has 1 aromatic heterocycles. The predicted molar refractivity (Wildman–Crippen MR) is 58.4 cm³/mol. The molecule has 88 valence electrons. The zero-order valence-corrected chi connectivity index (χ0v) is 9.65. The van der Waals surface area contributed by atoms with E-state index in [4.69, 9.17) is 4.52 Å². The van der Waals surface area contributed by atoms with Crippen LogP contribution in [0.2, 0.25) is 0 Å². The summed E-state index contributed by atoms with van der Waals surface area (Å²) in [5.74, 6) is -0.188. The van der Waals surface area contributed by atoms with Crippen LogP contribution in [0.4, 0.5) is 0 Å². The quantitative estimate of drug-likeness (QED) is 0.712. The lowest BCUT2D eigenvalue weighted by molar-refractivity contribution is 0.0721. The summed E-state index contributed by atoms with van der Waals surface area (Å²) in [6, 6.07) is 0. The summed E-state index contributed by atoms with van der Waals surface area (Å²) in [5, 5.41) is 0. The summed E-state index contributed by atoms with van der Waals surface area (Å²) < 4.78 is 6.22. The molecule has 1 aromatic rings. The van der Waals surface area contributed by atoms with Gasteiger partial charge in [-0.15, -0.1) is 0 Å². The average molecular weight is 224 g/mol. The number of likely N-dealkylation sites (tertiary alicyclic amines) is 1. The Morgan fingerprint density at radius 1 is 1.25 bits per heavy atom. The third-order valence-electron chi connectivity index (χ3n) is 3.12. The molecule has 0 bridgehead atoms. The smallest absolute Gasteiger partial charge is 0.338 e. The van der Waals surface area contributed by atoms with E-state index in [1.807, 2.05) is 0 Å². The molecule has 1 aliphatic rings. The van der Waals surface area contributed by atoms with Gasteiger partial charge in [0, 0.05) is 20.1 Å². The van der Waals surface area contributed by atoms with Gasteiger partial charge in [-0.3, -0.25) is 4.79 Å². The van der Waals surface area contributed by atoms with Crippen LogP contribution in [0.25, 0.3) is 0 Å². The van der Waals surface area contributed by atoms with Crippen molar-refractivity contribution in [2.45, 2.75) is 26.2 Å². The maximum absolute atomic E-state index is 12.1. The Balaban J connectivity index is 2.29. The van der Waals surface area contributed by atoms with Gasteiger partial charge >= 0.3 is 5.63 Å². The molecule has 0 N–H and O–H groups in total. The van der Waals surface area contributed by atoms with Gasteiger partial charge in [-0.2, -0.15) is 0 Å². The van der Waals surface area contributed by atoms with E-state index >= 15 is 0 Å². The number of amides is 1. The predicted octanol–water partition coefficient (Wildman–Crippen LogP) is 0.913. The minimum atomic E-state index is -0.532. The molecule has 5 nitrogen and oxygen atoms in total. The van der Waals surface area contributed by atoms with E-state index < -0.39 is 5.63 Å². The molecule has 0 saturated carbocycles. The van der Waals surface area contributed by atoms with E-state index in [1.54, 1.807) is 18.9 Å². The Labute approximate surface area is 93.6 Å². The summed E-state index contributed by atoms with van der Waals surface area (Å²) in [4.78, 5) is 25.4. The molecule has 0 aliphatic carbocycles. The highest BCUT2D eigenvalue weighted by Gasteiger charge is 2.25. The Bertz CT molecular complexity index is 452. The molecule has 2 rings (SSSR count). The lowest BCUT2D eigenvalue weighted by Crippen LogP contribution is -2.37. The van der Waals surface area contributed by atoms with Crippen molar-refractivity contribution < 1.29 is 9.32 Å². The van der Waals surface area contributed by atoms with Gasteiger partial charge in [0.05, 0.1) is 5.69 Å². The fourth-order valence-electron chi connectivity index (χ4n) is 2.04. The largest absolute Gasteiger partial charge is 0.370 e. The number of aromatic nitrogens is 1. The van der Waals surface area contributed by atoms with Crippen molar-refractivity contribution in [1.29, 1.82) is 0 Å². The van der Waals surface area contributed by atoms with Gasteiger partial charge in [-0.05, 0) is 26.2 Å². The number of piperidine rings is 1. The van der Waals surface area contributed by atoms with Crippen molar-refractivity contribution in [2.75, 3.05) is 13.1 Å². The molecule has 0 radical (unpaired) electrons. The van der Waals surface area contributed by atoms with Crippen LogP contribution in [0.5, 0.6) is 0 Å². The Kier molecular flexibility index (Phi) is 2.85. The van der Waals surface area contributed by atoms with E-state index in [0.717, 1.165) is 32.4 Å². The van der Waals surface area contributed by atoms with Crippen LogP contribution < -0.4 is 5.63 Å². The van der Waals surface area contributed by atoms with E-state index in [1.165, 1.54) is 4.74 Å². The summed E-state index contributed by atoms with van der Waals surface area (Å²) in [7, 11) is 1.63. The molecule has 1 fully saturated rings. The van der Waals surface area contributed by atoms with Crippen molar-refractivity contribution in [3.8, 4) is 0 Å². The second-order valence-electron chi connectivity index (χ2n) is 4.19. The first-order valence-electron chi connectivity index (χ1n) is 5.57. The van der Waals surface area contributed by atoms with Crippen LogP contribution in [0.15, 0.2) is 9.32 Å². The van der Waals surface area contributed by atoms with Crippen molar-refractivity contribution in [3.05, 3.63) is 21.7 Å². The van der Waals surface area contributed by atoms with E-state index in [-0.39, 0.29) is 11.5 Å². The second kappa shape index (κ2) is 4.15. The van der Waals surface area contributed by atoms with Crippen molar-refractivity contribution in [1.82, 2.24) is 9.64 Å². The first-order chi connectivity index (χ1) is 7.61. The number of rotatable bonds is 1. The van der Waals surface area contributed by atoms with Crippen LogP contribution in [-0.4, -0.2) is 28.6 Å². The van der Waals surface area contributed by atoms with Crippen molar-refractivity contribution in [2.24, 2.45) is 7.05 Å². The molecule has 0 atom stereocenters. The minimum absolute atomic E-state index is 0.185. The van der Waals surface area contributed by atoms with Gasteiger partial charge < -0.3 is 9.42 Å². The molecular weight excluding hydrogens is 208 g/mol. The SMILES string of the molecule is Cc1c(C(=O)N2CCCCC2)c(=O)on1C. The maximum atomic E-state index is 12.1. The Hall–Kier alpha value is -1.52. The highest BCUT2D eigenvalue weighted by molar-refractivity contribution is 5.94. The lowest BCUT2D eigenvalue weighted by atomic mass is 10.1. The number of nitrogens with zero attached hydrogens (tertiary/aromatic N) is 2. The molecule has 1 saturated heterocycles. The van der Waals surface area contributed by atoms with Crippen LogP contribution in [-0.2, 0) is 7.05 Å². The highest BCUT2D eigenvalue weighted by Crippen LogP contribution is 2.13. The molecule has 16 heavy (non-hydrogen) atoms. The first kappa shape index (κ1) is 11.0. The second-order valence-corrected chi connectivity index (χ2v) is 4.19. The molecule has 0 unspecified atom stereocenters. The van der Waals surface area contributed by atoms with Crippen LogP contribution in [0.1, 0.15) is 35.3 Å². The summed E-state index contributed by atoms with van der Waals surface area (Å²) in [5.41, 5.74) is 0.251. The zero-order valence-electron chi connectivity index (χ0n) is 9.65. The maximum Gasteiger partial charge on any atom is 0.370 e. The average Bonchev–Trinajstić information content (AvgIpc) is 2.54. The van der Waals surface area contributed by atoms with E-state index in [2.05, 4.69) is 0 Å². The molecule has 2 heterocycles. The minimum Gasteiger partial charge on any atom is -0.338 e. The highest BCUT2D eigenvalue weighted by atomic mass is 16.5. The molecule has 1 amide bonds. The van der Waals surface area contributed by atoms with Crippen molar-refractivity contribution >= 4 is 5.91 Å². The Morgan fingerprint density at radius 3 is 2.38 bits per heavy atom. The molecule has 0 aromatic carbocycles. The van der Waals surface area contributed by atoms with Gasteiger partial charge in [0.15, 0.2) is 0 Å². The monoisotopic (exact) mass is 224 g/mol. The van der Waals surface area contributed by atoms with Gasteiger partial charge in [0.25, 0.3) is 5.91 Å². The summed E-state index contributed by atoms with van der Waals surface area (Å²) >= 11 is 0. The van der Waals surface area contributed by atoms with Gasteiger partial charge in [0.1, 0.15) is 5.56 Å². The van der Waals surface area contributed by atoms with Gasteiger partial charge in [-0.25, -0.2) is 9.53 Å². The first-order valence-corrected chi connectivity index (χ1v) is 5.57. The third kappa shape index (κ3) is 1.77. The fraction of sp³-hybridized carbons (Fsp3) is 0.636. The molecule has 5 heteroatoms. The standard InChI is InChI=1S/C11H16N2O3/c1-8-9(11(15)16-12(8)2)10(14)13-6-4-3-5-7-13/h3-7H2,1-2H3. The Morgan fingerprint density at radius 2 is 1.88 bits per heavy atom. The normalized spacial score (nSPS) is 16.5. The summed E-state index contributed by atoms with van der Waals surface area (Å²) in [6.45, 7) is 3.21. The zero-order chi connectivity index (χ0) is 11.7. The van der Waals surface area contributed by atoms with Crippen LogP contribution >= 0.6 is 0 Å². The number of hydrogen-bond acceptors (Lipinski definition) is 3. The van der Waals surface area contributed by atoms with Crippen LogP contribution in [0.3, 0.4) is 0 Å². The van der Waals surface area contributed by atoms with Crippen LogP contribution in [0, 0.1) is 6.92 Å². The van der Waals surface area contributed by atoms with Crippen molar-refractivity contribution in [3.63, 3.8) is 0 Å². The lowest BCUT2D eigenvalue weighted by Gasteiger charge is -2.26. The fourth-order valence-corrected chi connectivity index (χ4v) is 2.04. The third-order valence-corrected chi connectivity index (χ3v) is 3.12.